The quantitative estimate of drug-likeness (QED) is 0.851. The summed E-state index contributed by atoms with van der Waals surface area (Å²) in [6, 6.07) is 5.05. The fourth-order valence-corrected chi connectivity index (χ4v) is 3.07. The van der Waals surface area contributed by atoms with Crippen LogP contribution in [0.4, 0.5) is 0 Å². The Labute approximate surface area is 134 Å². The monoisotopic (exact) mass is 315 g/mol. The third kappa shape index (κ3) is 2.67. The number of aromatic nitrogens is 3. The molecule has 1 saturated heterocycles. The Hall–Kier alpha value is -2.44. The molecule has 1 atom stereocenters. The summed E-state index contributed by atoms with van der Waals surface area (Å²) >= 11 is 0. The van der Waals surface area contributed by atoms with E-state index in [1.54, 1.807) is 40.7 Å². The lowest BCUT2D eigenvalue weighted by Gasteiger charge is -2.26. The van der Waals surface area contributed by atoms with Crippen molar-refractivity contribution >= 4 is 22.8 Å². The van der Waals surface area contributed by atoms with E-state index >= 15 is 0 Å². The van der Waals surface area contributed by atoms with Crippen LogP contribution in [0.15, 0.2) is 18.2 Å². The molecule has 2 amide bonds. The Bertz CT molecular complexity index is 752. The van der Waals surface area contributed by atoms with Crippen LogP contribution in [0.2, 0.25) is 0 Å². The van der Waals surface area contributed by atoms with Gasteiger partial charge in [0.15, 0.2) is 0 Å². The molecule has 2 heterocycles. The van der Waals surface area contributed by atoms with Crippen LogP contribution in [-0.4, -0.2) is 63.3 Å². The largest absolute Gasteiger partial charge is 0.347 e. The van der Waals surface area contributed by atoms with Crippen LogP contribution in [0.5, 0.6) is 0 Å². The molecule has 23 heavy (non-hydrogen) atoms. The van der Waals surface area contributed by atoms with E-state index in [0.29, 0.717) is 17.6 Å². The minimum absolute atomic E-state index is 0.0196. The number of likely N-dealkylation sites (tertiary alicyclic amines) is 1. The van der Waals surface area contributed by atoms with Crippen LogP contribution < -0.4 is 0 Å². The fraction of sp³-hybridized carbons (Fsp3) is 0.500. The second-order valence-electron chi connectivity index (χ2n) is 6.00. The highest BCUT2D eigenvalue weighted by Gasteiger charge is 2.35. The molecule has 1 aliphatic rings. The molecule has 122 valence electrons. The van der Waals surface area contributed by atoms with Crippen LogP contribution in [0.3, 0.4) is 0 Å². The van der Waals surface area contributed by atoms with Gasteiger partial charge in [-0.15, -0.1) is 5.10 Å². The van der Waals surface area contributed by atoms with Gasteiger partial charge in [-0.1, -0.05) is 5.21 Å². The summed E-state index contributed by atoms with van der Waals surface area (Å²) < 4.78 is 1.79. The number of likely N-dealkylation sites (N-methyl/N-ethyl adjacent to an activating group) is 1. The van der Waals surface area contributed by atoms with E-state index in [1.165, 1.54) is 0 Å². The Morgan fingerprint density at radius 1 is 1.35 bits per heavy atom. The number of carbonyl (C=O) groups is 2. The highest BCUT2D eigenvalue weighted by Crippen LogP contribution is 2.23. The lowest BCUT2D eigenvalue weighted by molar-refractivity contribution is -0.132. The Kier molecular flexibility index (Phi) is 4.02. The number of carbonyl (C=O) groups excluding carboxylic acids is 2. The van der Waals surface area contributed by atoms with Gasteiger partial charge in [0, 0.05) is 32.7 Å². The summed E-state index contributed by atoms with van der Waals surface area (Å²) in [5, 5.41) is 8.17. The summed E-state index contributed by atoms with van der Waals surface area (Å²) in [5.41, 5.74) is 2.16. The first-order valence-electron chi connectivity index (χ1n) is 7.88. The first kappa shape index (κ1) is 15.5. The van der Waals surface area contributed by atoms with Gasteiger partial charge in [0.25, 0.3) is 5.91 Å². The molecule has 1 aromatic carbocycles. The van der Waals surface area contributed by atoms with Crippen molar-refractivity contribution in [1.29, 1.82) is 0 Å². The third-order valence-electron chi connectivity index (χ3n) is 4.30. The van der Waals surface area contributed by atoms with Crippen molar-refractivity contribution in [3.8, 4) is 0 Å². The van der Waals surface area contributed by atoms with Crippen molar-refractivity contribution in [3.05, 3.63) is 23.8 Å². The molecular weight excluding hydrogens is 294 g/mol. The zero-order chi connectivity index (χ0) is 16.6. The van der Waals surface area contributed by atoms with Crippen LogP contribution in [0, 0.1) is 0 Å². The fourth-order valence-electron chi connectivity index (χ4n) is 3.07. The Morgan fingerprint density at radius 3 is 2.83 bits per heavy atom. The molecule has 0 radical (unpaired) electrons. The second-order valence-corrected chi connectivity index (χ2v) is 6.00. The van der Waals surface area contributed by atoms with Gasteiger partial charge in [0.2, 0.25) is 5.91 Å². The summed E-state index contributed by atoms with van der Waals surface area (Å²) in [4.78, 5) is 28.3. The molecule has 0 bridgehead atoms. The van der Waals surface area contributed by atoms with Gasteiger partial charge in [-0.05, 0) is 38.0 Å². The molecule has 7 nitrogen and oxygen atoms in total. The van der Waals surface area contributed by atoms with Gasteiger partial charge in [-0.3, -0.25) is 9.59 Å². The zero-order valence-corrected chi connectivity index (χ0v) is 13.7. The first-order valence-corrected chi connectivity index (χ1v) is 7.88. The molecule has 1 aromatic heterocycles. The normalized spacial score (nSPS) is 17.7. The van der Waals surface area contributed by atoms with Crippen LogP contribution in [-0.2, 0) is 11.3 Å². The molecule has 2 aromatic rings. The second kappa shape index (κ2) is 5.98. The van der Waals surface area contributed by atoms with Crippen molar-refractivity contribution in [2.24, 2.45) is 0 Å². The van der Waals surface area contributed by atoms with Crippen molar-refractivity contribution in [2.75, 3.05) is 20.6 Å². The molecule has 0 saturated carbocycles. The molecule has 0 N–H and O–H groups in total. The average molecular weight is 315 g/mol. The van der Waals surface area contributed by atoms with Gasteiger partial charge in [-0.25, -0.2) is 4.68 Å². The number of fused-ring (bicyclic) bond motifs is 1. The third-order valence-corrected chi connectivity index (χ3v) is 4.30. The summed E-state index contributed by atoms with van der Waals surface area (Å²) in [5.74, 6) is -0.135. The zero-order valence-electron chi connectivity index (χ0n) is 13.7. The smallest absolute Gasteiger partial charge is 0.254 e. The average Bonchev–Trinajstić information content (AvgIpc) is 3.19. The SMILES string of the molecule is CCn1nnc2cc(C(=O)N3CCCC3C(=O)N(C)C)ccc21. The molecular formula is C16H21N5O2. The molecule has 1 unspecified atom stereocenters. The maximum atomic E-state index is 12.8. The number of aryl methyl sites for hydroxylation is 1. The van der Waals surface area contributed by atoms with E-state index < -0.39 is 0 Å². The maximum Gasteiger partial charge on any atom is 0.254 e. The summed E-state index contributed by atoms with van der Waals surface area (Å²) in [7, 11) is 3.44. The van der Waals surface area contributed by atoms with Gasteiger partial charge in [0.1, 0.15) is 11.6 Å². The highest BCUT2D eigenvalue weighted by molar-refractivity contribution is 6.00. The maximum absolute atomic E-state index is 12.8. The predicted molar refractivity (Wildman–Crippen MR) is 86.0 cm³/mol. The lowest BCUT2D eigenvalue weighted by Crippen LogP contribution is -2.45. The van der Waals surface area contributed by atoms with Crippen LogP contribution in [0.25, 0.3) is 11.0 Å². The number of hydrogen-bond donors (Lipinski definition) is 0. The van der Waals surface area contributed by atoms with Gasteiger partial charge < -0.3 is 9.80 Å². The van der Waals surface area contributed by atoms with Gasteiger partial charge >= 0.3 is 0 Å². The molecule has 0 aliphatic carbocycles. The lowest BCUT2D eigenvalue weighted by atomic mass is 10.1. The van der Waals surface area contributed by atoms with Crippen molar-refractivity contribution in [1.82, 2.24) is 24.8 Å². The highest BCUT2D eigenvalue weighted by atomic mass is 16.2. The number of benzene rings is 1. The standard InChI is InChI=1S/C16H21N5O2/c1-4-21-13-8-7-11(10-12(13)17-18-21)15(22)20-9-5-6-14(20)16(23)19(2)3/h7-8,10,14H,4-6,9H2,1-3H3. The van der Waals surface area contributed by atoms with Crippen LogP contribution in [0.1, 0.15) is 30.1 Å². The molecule has 7 heteroatoms. The molecule has 0 spiro atoms. The predicted octanol–water partition coefficient (Wildman–Crippen LogP) is 1.14. The van der Waals surface area contributed by atoms with E-state index in [4.69, 9.17) is 0 Å². The molecule has 3 rings (SSSR count). The number of hydrogen-bond acceptors (Lipinski definition) is 4. The minimum atomic E-state index is -0.362. The summed E-state index contributed by atoms with van der Waals surface area (Å²) in [6.45, 7) is 3.34. The van der Waals surface area contributed by atoms with Gasteiger partial charge in [-0.2, -0.15) is 0 Å². The number of rotatable bonds is 3. The van der Waals surface area contributed by atoms with E-state index in [-0.39, 0.29) is 17.9 Å². The van der Waals surface area contributed by atoms with E-state index in [2.05, 4.69) is 10.3 Å². The number of nitrogens with zero attached hydrogens (tertiary/aromatic N) is 5. The first-order chi connectivity index (χ1) is 11.0. The van der Waals surface area contributed by atoms with Crippen molar-refractivity contribution in [2.45, 2.75) is 32.4 Å². The Morgan fingerprint density at radius 2 is 2.13 bits per heavy atom. The number of amides is 2. The molecule has 1 aliphatic heterocycles. The van der Waals surface area contributed by atoms with E-state index in [9.17, 15) is 9.59 Å². The van der Waals surface area contributed by atoms with Crippen LogP contribution >= 0.6 is 0 Å². The Balaban J connectivity index is 1.89. The van der Waals surface area contributed by atoms with Crippen molar-refractivity contribution < 1.29 is 9.59 Å². The summed E-state index contributed by atoms with van der Waals surface area (Å²) in [6.07, 6.45) is 1.57. The topological polar surface area (TPSA) is 71.3 Å². The van der Waals surface area contributed by atoms with E-state index in [0.717, 1.165) is 24.9 Å². The minimum Gasteiger partial charge on any atom is -0.347 e. The van der Waals surface area contributed by atoms with Gasteiger partial charge in [0.05, 0.1) is 5.52 Å². The van der Waals surface area contributed by atoms with Crippen molar-refractivity contribution in [3.63, 3.8) is 0 Å². The van der Waals surface area contributed by atoms with E-state index in [1.807, 2.05) is 13.0 Å². The molecule has 1 fully saturated rings.